The molecule has 3 aromatic rings. The second-order valence-electron chi connectivity index (χ2n) is 6.44. The zero-order valence-corrected chi connectivity index (χ0v) is 16.1. The third-order valence-corrected chi connectivity index (χ3v) is 4.38. The predicted octanol–water partition coefficient (Wildman–Crippen LogP) is 4.45. The molecule has 1 unspecified atom stereocenters. The predicted molar refractivity (Wildman–Crippen MR) is 109 cm³/mol. The highest BCUT2D eigenvalue weighted by atomic mass is 16.5. The van der Waals surface area contributed by atoms with Crippen LogP contribution >= 0.6 is 0 Å². The number of hydrogen-bond donors (Lipinski definition) is 1. The maximum Gasteiger partial charge on any atom is 0.339 e. The van der Waals surface area contributed by atoms with Gasteiger partial charge in [-0.15, -0.1) is 0 Å². The molecule has 0 amide bonds. The molecule has 0 saturated carbocycles. The van der Waals surface area contributed by atoms with Gasteiger partial charge in [0.25, 0.3) is 0 Å². The number of aliphatic hydroxyl groups is 1. The molecule has 0 aromatic heterocycles. The molecule has 148 valence electrons. The smallest absolute Gasteiger partial charge is 0.339 e. The Bertz CT molecular complexity index is 964. The van der Waals surface area contributed by atoms with Crippen molar-refractivity contribution in [1.82, 2.24) is 0 Å². The quantitative estimate of drug-likeness (QED) is 0.477. The van der Waals surface area contributed by atoms with Gasteiger partial charge in [0.15, 0.2) is 6.10 Å². The highest BCUT2D eigenvalue weighted by Gasteiger charge is 2.19. The van der Waals surface area contributed by atoms with Crippen molar-refractivity contribution in [2.45, 2.75) is 26.1 Å². The fraction of sp³-hybridized carbons (Fsp3) is 0.167. The number of rotatable bonds is 7. The van der Waals surface area contributed by atoms with Crippen LogP contribution in [-0.2, 0) is 20.9 Å². The van der Waals surface area contributed by atoms with E-state index in [-0.39, 0.29) is 19.0 Å². The summed E-state index contributed by atoms with van der Waals surface area (Å²) in [4.78, 5) is 23.8. The van der Waals surface area contributed by atoms with Crippen LogP contribution < -0.4 is 4.74 Å². The van der Waals surface area contributed by atoms with Crippen LogP contribution in [0.4, 0.5) is 0 Å². The lowest BCUT2D eigenvalue weighted by Gasteiger charge is -2.13. The van der Waals surface area contributed by atoms with Crippen molar-refractivity contribution in [3.63, 3.8) is 0 Å². The van der Waals surface area contributed by atoms with Crippen LogP contribution in [0.5, 0.6) is 5.75 Å². The van der Waals surface area contributed by atoms with Gasteiger partial charge in [0, 0.05) is 12.0 Å². The van der Waals surface area contributed by atoms with E-state index in [1.165, 1.54) is 0 Å². The van der Waals surface area contributed by atoms with Crippen LogP contribution in [-0.4, -0.2) is 17.0 Å². The Kier molecular flexibility index (Phi) is 6.76. The molecule has 29 heavy (non-hydrogen) atoms. The second kappa shape index (κ2) is 9.66. The minimum Gasteiger partial charge on any atom is -0.459 e. The van der Waals surface area contributed by atoms with Crippen molar-refractivity contribution >= 4 is 11.9 Å². The molecule has 0 aliphatic heterocycles. The Morgan fingerprint density at radius 3 is 2.24 bits per heavy atom. The third kappa shape index (κ3) is 5.30. The molecule has 0 aliphatic rings. The molecule has 5 heteroatoms. The summed E-state index contributed by atoms with van der Waals surface area (Å²) >= 11 is 0. The van der Waals surface area contributed by atoms with Gasteiger partial charge in [-0.3, -0.25) is 4.79 Å². The minimum absolute atomic E-state index is 0.102. The molecule has 1 N–H and O–H groups in total. The summed E-state index contributed by atoms with van der Waals surface area (Å²) in [7, 11) is 0. The van der Waals surface area contributed by atoms with Gasteiger partial charge in [0.05, 0.1) is 0 Å². The van der Waals surface area contributed by atoms with E-state index in [9.17, 15) is 14.7 Å². The third-order valence-electron chi connectivity index (χ3n) is 4.38. The van der Waals surface area contributed by atoms with E-state index in [2.05, 4.69) is 0 Å². The van der Waals surface area contributed by atoms with E-state index in [4.69, 9.17) is 9.47 Å². The molecule has 0 radical (unpaired) electrons. The van der Waals surface area contributed by atoms with E-state index in [0.717, 1.165) is 16.7 Å². The number of hydrogen-bond acceptors (Lipinski definition) is 5. The van der Waals surface area contributed by atoms with Gasteiger partial charge in [-0.2, -0.15) is 0 Å². The summed E-state index contributed by atoms with van der Waals surface area (Å²) < 4.78 is 10.6. The number of ether oxygens (including phenoxy) is 2. The van der Waals surface area contributed by atoms with Crippen molar-refractivity contribution in [1.29, 1.82) is 0 Å². The molecule has 5 nitrogen and oxygen atoms in total. The molecule has 0 bridgehead atoms. The first-order chi connectivity index (χ1) is 14.1. The Morgan fingerprint density at radius 1 is 0.897 bits per heavy atom. The van der Waals surface area contributed by atoms with E-state index < -0.39 is 12.1 Å². The summed E-state index contributed by atoms with van der Waals surface area (Å²) in [6, 6.07) is 23.3. The fourth-order valence-electron chi connectivity index (χ4n) is 2.78. The lowest BCUT2D eigenvalue weighted by molar-refractivity contribution is -0.155. The summed E-state index contributed by atoms with van der Waals surface area (Å²) in [6.07, 6.45) is -1.09. The van der Waals surface area contributed by atoms with Gasteiger partial charge >= 0.3 is 11.9 Å². The van der Waals surface area contributed by atoms with E-state index in [1.807, 2.05) is 42.5 Å². The number of carbonyl (C=O) groups excluding carboxylic acids is 2. The highest BCUT2D eigenvalue weighted by Crippen LogP contribution is 2.31. The lowest BCUT2D eigenvalue weighted by Crippen LogP contribution is -2.15. The van der Waals surface area contributed by atoms with Crippen molar-refractivity contribution < 1.29 is 24.2 Å². The number of aliphatic hydroxyl groups excluding tert-OH is 1. The van der Waals surface area contributed by atoms with Crippen LogP contribution in [0, 0.1) is 0 Å². The first kappa shape index (κ1) is 20.3. The average Bonchev–Trinajstić information content (AvgIpc) is 2.78. The van der Waals surface area contributed by atoms with Gasteiger partial charge in [-0.1, -0.05) is 79.7 Å². The Labute approximate surface area is 169 Å². The SMILES string of the molecule is CCC(=O)Oc1ccccc1-c1ccc(C(O)C(=O)OCc2ccccc2)cc1. The maximum absolute atomic E-state index is 12.2. The van der Waals surface area contributed by atoms with Crippen LogP contribution in [0.1, 0.15) is 30.6 Å². The number of carbonyl (C=O) groups is 2. The molecule has 0 aliphatic carbocycles. The normalized spacial score (nSPS) is 11.5. The molecule has 3 rings (SSSR count). The monoisotopic (exact) mass is 390 g/mol. The summed E-state index contributed by atoms with van der Waals surface area (Å²) in [5.74, 6) is -0.556. The van der Waals surface area contributed by atoms with Crippen molar-refractivity contribution in [2.75, 3.05) is 0 Å². The molecule has 0 heterocycles. The lowest BCUT2D eigenvalue weighted by atomic mass is 10.0. The molecule has 1 atom stereocenters. The molecular formula is C24H22O5. The van der Waals surface area contributed by atoms with Crippen molar-refractivity contribution in [3.8, 4) is 16.9 Å². The van der Waals surface area contributed by atoms with Gasteiger partial charge in [-0.25, -0.2) is 4.79 Å². The molecule has 0 saturated heterocycles. The summed E-state index contributed by atoms with van der Waals surface area (Å²) in [5.41, 5.74) is 2.83. The Hall–Kier alpha value is -3.44. The zero-order valence-electron chi connectivity index (χ0n) is 16.1. The fourth-order valence-corrected chi connectivity index (χ4v) is 2.78. The van der Waals surface area contributed by atoms with Crippen LogP contribution in [0.2, 0.25) is 0 Å². The van der Waals surface area contributed by atoms with Crippen LogP contribution in [0.25, 0.3) is 11.1 Å². The topological polar surface area (TPSA) is 72.8 Å². The van der Waals surface area contributed by atoms with Gasteiger partial charge in [-0.05, 0) is 22.8 Å². The maximum atomic E-state index is 12.2. The number of para-hydroxylation sites is 1. The van der Waals surface area contributed by atoms with Crippen molar-refractivity contribution in [3.05, 3.63) is 90.0 Å². The Morgan fingerprint density at radius 2 is 1.55 bits per heavy atom. The first-order valence-electron chi connectivity index (χ1n) is 9.37. The van der Waals surface area contributed by atoms with E-state index in [0.29, 0.717) is 11.3 Å². The average molecular weight is 390 g/mol. The zero-order chi connectivity index (χ0) is 20.6. The second-order valence-corrected chi connectivity index (χ2v) is 6.44. The highest BCUT2D eigenvalue weighted by molar-refractivity contribution is 5.79. The molecule has 0 fully saturated rings. The number of benzene rings is 3. The van der Waals surface area contributed by atoms with E-state index >= 15 is 0 Å². The standard InChI is InChI=1S/C24H22O5/c1-2-22(25)29-21-11-7-6-10-20(21)18-12-14-19(15-13-18)23(26)24(27)28-16-17-8-4-3-5-9-17/h3-15,23,26H,2,16H2,1H3. The van der Waals surface area contributed by atoms with Gasteiger partial charge < -0.3 is 14.6 Å². The summed E-state index contributed by atoms with van der Waals surface area (Å²) in [6.45, 7) is 1.84. The molecule has 0 spiro atoms. The number of esters is 2. The largest absolute Gasteiger partial charge is 0.459 e. The van der Waals surface area contributed by atoms with Crippen LogP contribution in [0.3, 0.4) is 0 Å². The summed E-state index contributed by atoms with van der Waals surface area (Å²) in [5, 5.41) is 10.3. The van der Waals surface area contributed by atoms with Gasteiger partial charge in [0.2, 0.25) is 0 Å². The minimum atomic E-state index is -1.37. The molecule has 3 aromatic carbocycles. The van der Waals surface area contributed by atoms with Crippen LogP contribution in [0.15, 0.2) is 78.9 Å². The van der Waals surface area contributed by atoms with Crippen molar-refractivity contribution in [2.24, 2.45) is 0 Å². The Balaban J connectivity index is 1.70. The van der Waals surface area contributed by atoms with E-state index in [1.54, 1.807) is 43.3 Å². The first-order valence-corrected chi connectivity index (χ1v) is 9.37. The molecular weight excluding hydrogens is 368 g/mol. The van der Waals surface area contributed by atoms with Gasteiger partial charge in [0.1, 0.15) is 12.4 Å².